The lowest BCUT2D eigenvalue weighted by molar-refractivity contribution is -0.183. The molecular formula is C33H44O4. The van der Waals surface area contributed by atoms with Crippen molar-refractivity contribution in [1.29, 1.82) is 0 Å². The predicted octanol–water partition coefficient (Wildman–Crippen LogP) is 7.23. The number of allylic oxidation sites excluding steroid dienone is 3. The number of fused-ring (bicyclic) bond motifs is 2. The lowest BCUT2D eigenvalue weighted by Crippen LogP contribution is -2.62. The number of rotatable bonds is 12. The zero-order valence-electron chi connectivity index (χ0n) is 23.2. The van der Waals surface area contributed by atoms with E-state index in [1.807, 2.05) is 30.3 Å². The monoisotopic (exact) mass is 504 g/mol. The first-order chi connectivity index (χ1) is 17.9. The summed E-state index contributed by atoms with van der Waals surface area (Å²) < 4.78 is 12.7. The summed E-state index contributed by atoms with van der Waals surface area (Å²) >= 11 is 0. The van der Waals surface area contributed by atoms with Gasteiger partial charge in [0, 0.05) is 12.0 Å². The van der Waals surface area contributed by atoms with Gasteiger partial charge in [-0.1, -0.05) is 93.2 Å². The molecule has 0 saturated heterocycles. The van der Waals surface area contributed by atoms with Gasteiger partial charge in [-0.3, -0.25) is 4.79 Å². The van der Waals surface area contributed by atoms with Crippen LogP contribution in [0.15, 0.2) is 53.1 Å². The summed E-state index contributed by atoms with van der Waals surface area (Å²) in [5.41, 5.74) is 2.76. The van der Waals surface area contributed by atoms with Crippen LogP contribution in [0.4, 0.5) is 0 Å². The third kappa shape index (κ3) is 3.72. The number of aldehydes is 1. The standard InChI is InChI=1S/C33H44O4/c1-5-6-7-11-16-36-22-32-19-27-24(4)14-15-28(27)31(21-34)18-26(32)17-29(23(2)3)33(31,32)30(35)37-20-25-12-9-8-10-13-25/h8-10,12-13,17,21,23,26,28H,5-7,11,14-16,18-20,22H2,1-4H3/t26-,28+,31-,32-,33-/m0/s1. The molecule has 5 atom stereocenters. The van der Waals surface area contributed by atoms with E-state index in [4.69, 9.17) is 9.47 Å². The first-order valence-electron chi connectivity index (χ1n) is 14.5. The molecule has 1 aromatic rings. The van der Waals surface area contributed by atoms with Crippen molar-refractivity contribution in [1.82, 2.24) is 0 Å². The molecule has 0 spiro atoms. The van der Waals surface area contributed by atoms with Crippen LogP contribution in [0, 0.1) is 34.0 Å². The van der Waals surface area contributed by atoms with Crippen LogP contribution in [0.25, 0.3) is 0 Å². The Morgan fingerprint density at radius 1 is 1.16 bits per heavy atom. The molecule has 0 aromatic heterocycles. The Morgan fingerprint density at radius 3 is 2.65 bits per heavy atom. The predicted molar refractivity (Wildman–Crippen MR) is 146 cm³/mol. The summed E-state index contributed by atoms with van der Waals surface area (Å²) in [5, 5.41) is 0. The van der Waals surface area contributed by atoms with Crippen molar-refractivity contribution in [2.75, 3.05) is 13.2 Å². The van der Waals surface area contributed by atoms with E-state index in [2.05, 4.69) is 33.8 Å². The second-order valence-electron chi connectivity index (χ2n) is 12.4. The zero-order chi connectivity index (χ0) is 26.3. The van der Waals surface area contributed by atoms with Gasteiger partial charge in [-0.15, -0.1) is 0 Å². The topological polar surface area (TPSA) is 52.6 Å². The quantitative estimate of drug-likeness (QED) is 0.130. The number of hydrogen-bond donors (Lipinski definition) is 0. The Kier molecular flexibility index (Phi) is 7.26. The fraction of sp³-hybridized carbons (Fsp3) is 0.636. The van der Waals surface area contributed by atoms with Gasteiger partial charge < -0.3 is 14.3 Å². The first-order valence-corrected chi connectivity index (χ1v) is 14.5. The molecule has 2 fully saturated rings. The smallest absolute Gasteiger partial charge is 0.318 e. The van der Waals surface area contributed by atoms with Gasteiger partial charge in [0.05, 0.1) is 12.0 Å². The Bertz CT molecular complexity index is 1080. The average molecular weight is 505 g/mol. The number of unbranched alkanes of at least 4 members (excludes halogenated alkanes) is 3. The Labute approximate surface area is 222 Å². The van der Waals surface area contributed by atoms with Crippen LogP contribution < -0.4 is 0 Å². The van der Waals surface area contributed by atoms with Crippen molar-refractivity contribution in [3.8, 4) is 0 Å². The lowest BCUT2D eigenvalue weighted by atomic mass is 9.44. The second-order valence-corrected chi connectivity index (χ2v) is 12.4. The first kappa shape index (κ1) is 26.4. The number of carbonyl (C=O) groups excluding carboxylic acids is 2. The minimum atomic E-state index is -0.961. The Hall–Kier alpha value is -2.20. The largest absolute Gasteiger partial charge is 0.460 e. The highest BCUT2D eigenvalue weighted by molar-refractivity contribution is 5.92. The molecule has 0 amide bonds. The maximum absolute atomic E-state index is 14.6. The van der Waals surface area contributed by atoms with Gasteiger partial charge in [0.15, 0.2) is 0 Å². The van der Waals surface area contributed by atoms with E-state index >= 15 is 0 Å². The molecule has 0 aliphatic heterocycles. The van der Waals surface area contributed by atoms with Gasteiger partial charge in [0.1, 0.15) is 18.3 Å². The van der Waals surface area contributed by atoms with E-state index < -0.39 is 16.2 Å². The average Bonchev–Trinajstić information content (AvgIpc) is 3.47. The number of ether oxygens (including phenoxy) is 2. The van der Waals surface area contributed by atoms with Crippen molar-refractivity contribution >= 4 is 12.3 Å². The minimum Gasteiger partial charge on any atom is -0.460 e. The van der Waals surface area contributed by atoms with E-state index in [0.29, 0.717) is 13.2 Å². The number of hydrogen-bond acceptors (Lipinski definition) is 4. The molecule has 4 bridgehead atoms. The van der Waals surface area contributed by atoms with Crippen molar-refractivity contribution in [2.45, 2.75) is 85.7 Å². The Balaban J connectivity index is 1.57. The van der Waals surface area contributed by atoms with E-state index in [0.717, 1.165) is 49.7 Å². The molecule has 4 aliphatic rings. The maximum atomic E-state index is 14.6. The highest BCUT2D eigenvalue weighted by Crippen LogP contribution is 2.82. The molecule has 0 N–H and O–H groups in total. The van der Waals surface area contributed by atoms with Crippen LogP contribution in [0.1, 0.15) is 84.6 Å². The van der Waals surface area contributed by atoms with Crippen LogP contribution in [-0.4, -0.2) is 25.5 Å². The van der Waals surface area contributed by atoms with E-state index in [1.54, 1.807) is 0 Å². The molecule has 4 aliphatic carbocycles. The lowest BCUT2D eigenvalue weighted by Gasteiger charge is -2.57. The minimum absolute atomic E-state index is 0.124. The highest BCUT2D eigenvalue weighted by Gasteiger charge is 2.83. The third-order valence-corrected chi connectivity index (χ3v) is 10.3. The molecule has 2 saturated carbocycles. The molecule has 0 radical (unpaired) electrons. The van der Waals surface area contributed by atoms with Crippen LogP contribution >= 0.6 is 0 Å². The van der Waals surface area contributed by atoms with E-state index in [9.17, 15) is 9.59 Å². The van der Waals surface area contributed by atoms with Crippen LogP contribution in [0.3, 0.4) is 0 Å². The van der Waals surface area contributed by atoms with Gasteiger partial charge in [0.2, 0.25) is 0 Å². The highest BCUT2D eigenvalue weighted by atomic mass is 16.5. The third-order valence-electron chi connectivity index (χ3n) is 10.3. The van der Waals surface area contributed by atoms with Gasteiger partial charge in [-0.2, -0.15) is 0 Å². The summed E-state index contributed by atoms with van der Waals surface area (Å²) in [6.07, 6.45) is 11.7. The number of esters is 1. The van der Waals surface area contributed by atoms with Gasteiger partial charge >= 0.3 is 5.97 Å². The summed E-state index contributed by atoms with van der Waals surface area (Å²) in [4.78, 5) is 28.1. The molecule has 200 valence electrons. The summed E-state index contributed by atoms with van der Waals surface area (Å²) in [6.45, 7) is 10.2. The van der Waals surface area contributed by atoms with Gasteiger partial charge in [-0.25, -0.2) is 0 Å². The molecular weight excluding hydrogens is 460 g/mol. The SMILES string of the molecule is CCCCCCOC[C@@]12CC3=C(C)CC[C@H]3[C@@]3(C=O)C[C@@H]1C=C(C(C)C)[C@@]23C(=O)OCc1ccccc1. The molecule has 5 rings (SSSR count). The van der Waals surface area contributed by atoms with E-state index in [1.165, 1.54) is 30.3 Å². The molecule has 4 nitrogen and oxygen atoms in total. The summed E-state index contributed by atoms with van der Waals surface area (Å²) in [5.74, 6) is 0.229. The molecule has 0 unspecified atom stereocenters. The van der Waals surface area contributed by atoms with Gasteiger partial charge in [0.25, 0.3) is 0 Å². The molecule has 37 heavy (non-hydrogen) atoms. The second kappa shape index (κ2) is 10.2. The van der Waals surface area contributed by atoms with Crippen LogP contribution in [0.5, 0.6) is 0 Å². The van der Waals surface area contributed by atoms with Crippen molar-refractivity contribution in [3.63, 3.8) is 0 Å². The zero-order valence-corrected chi connectivity index (χ0v) is 23.2. The van der Waals surface area contributed by atoms with Crippen LogP contribution in [-0.2, 0) is 25.7 Å². The maximum Gasteiger partial charge on any atom is 0.318 e. The Morgan fingerprint density at radius 2 is 1.95 bits per heavy atom. The number of carbonyl (C=O) groups is 2. The summed E-state index contributed by atoms with van der Waals surface area (Å²) in [6, 6.07) is 9.88. The number of benzene rings is 1. The summed E-state index contributed by atoms with van der Waals surface area (Å²) in [7, 11) is 0. The fourth-order valence-electron chi connectivity index (χ4n) is 8.75. The van der Waals surface area contributed by atoms with Crippen molar-refractivity contribution in [3.05, 3.63) is 58.7 Å². The van der Waals surface area contributed by atoms with Crippen molar-refractivity contribution in [2.24, 2.45) is 34.0 Å². The molecule has 4 heteroatoms. The van der Waals surface area contributed by atoms with Crippen molar-refractivity contribution < 1.29 is 19.1 Å². The normalized spacial score (nSPS) is 33.6. The molecule has 1 aromatic carbocycles. The van der Waals surface area contributed by atoms with E-state index in [-0.39, 0.29) is 30.3 Å². The molecule has 0 heterocycles. The fourth-order valence-corrected chi connectivity index (χ4v) is 8.75. The van der Waals surface area contributed by atoms with Crippen LogP contribution in [0.2, 0.25) is 0 Å². The van der Waals surface area contributed by atoms with Gasteiger partial charge in [-0.05, 0) is 62.3 Å².